The molecule has 1 unspecified atom stereocenters. The van der Waals surface area contributed by atoms with Crippen LogP contribution in [-0.2, 0) is 16.1 Å². The summed E-state index contributed by atoms with van der Waals surface area (Å²) in [6.07, 6.45) is 1.57. The van der Waals surface area contributed by atoms with Gasteiger partial charge in [-0.3, -0.25) is 0 Å². The molecule has 1 fully saturated rings. The lowest BCUT2D eigenvalue weighted by Gasteiger charge is -2.46. The van der Waals surface area contributed by atoms with Crippen LogP contribution in [0.4, 0.5) is 0 Å². The number of ether oxygens (including phenoxy) is 2. The Morgan fingerprint density at radius 1 is 1.30 bits per heavy atom. The monoisotopic (exact) mass is 279 g/mol. The lowest BCUT2D eigenvalue weighted by atomic mass is 9.68. The first-order valence-electron chi connectivity index (χ1n) is 7.22. The third-order valence-electron chi connectivity index (χ3n) is 4.48. The lowest BCUT2D eigenvalue weighted by Crippen LogP contribution is -2.56. The van der Waals surface area contributed by atoms with E-state index in [-0.39, 0.29) is 5.41 Å². The van der Waals surface area contributed by atoms with Crippen molar-refractivity contribution in [1.29, 1.82) is 0 Å². The number of benzene rings is 1. The summed E-state index contributed by atoms with van der Waals surface area (Å²) in [5.41, 5.74) is 5.81. The Hall–Kier alpha value is -0.940. The van der Waals surface area contributed by atoms with Gasteiger partial charge in [0.15, 0.2) is 0 Å². The molecule has 1 aliphatic heterocycles. The molecular formula is C16H25NO3. The molecule has 3 N–H and O–H groups in total. The second kappa shape index (κ2) is 6.68. The SMILES string of the molecule is CC(O)(COCc1ccccc1)C1(CN)CCOCC1. The zero-order valence-electron chi connectivity index (χ0n) is 12.2. The van der Waals surface area contributed by atoms with E-state index in [0.29, 0.717) is 33.0 Å². The third kappa shape index (κ3) is 3.38. The van der Waals surface area contributed by atoms with Crippen LogP contribution in [0, 0.1) is 5.41 Å². The summed E-state index contributed by atoms with van der Waals surface area (Å²) in [4.78, 5) is 0. The van der Waals surface area contributed by atoms with Crippen LogP contribution in [0.2, 0.25) is 0 Å². The van der Waals surface area contributed by atoms with Gasteiger partial charge in [0.05, 0.1) is 18.8 Å². The van der Waals surface area contributed by atoms with Crippen molar-refractivity contribution in [2.24, 2.45) is 11.1 Å². The standard InChI is InChI=1S/C16H25NO3/c1-15(18,16(12-17)7-9-19-10-8-16)13-20-11-14-5-3-2-4-6-14/h2-6,18H,7-13,17H2,1H3. The van der Waals surface area contributed by atoms with Crippen molar-refractivity contribution in [3.05, 3.63) is 35.9 Å². The molecule has 1 heterocycles. The molecule has 0 bridgehead atoms. The zero-order chi connectivity index (χ0) is 14.5. The van der Waals surface area contributed by atoms with Gasteiger partial charge in [-0.15, -0.1) is 0 Å². The molecular weight excluding hydrogens is 254 g/mol. The molecule has 0 radical (unpaired) electrons. The van der Waals surface area contributed by atoms with E-state index in [1.807, 2.05) is 37.3 Å². The van der Waals surface area contributed by atoms with Gasteiger partial charge in [-0.2, -0.15) is 0 Å². The third-order valence-corrected chi connectivity index (χ3v) is 4.48. The van der Waals surface area contributed by atoms with Crippen molar-refractivity contribution in [2.75, 3.05) is 26.4 Å². The van der Waals surface area contributed by atoms with Crippen molar-refractivity contribution in [3.63, 3.8) is 0 Å². The fraction of sp³-hybridized carbons (Fsp3) is 0.625. The minimum atomic E-state index is -0.930. The highest BCUT2D eigenvalue weighted by Gasteiger charge is 2.47. The molecule has 0 spiro atoms. The van der Waals surface area contributed by atoms with Crippen molar-refractivity contribution >= 4 is 0 Å². The van der Waals surface area contributed by atoms with E-state index < -0.39 is 5.60 Å². The van der Waals surface area contributed by atoms with Gasteiger partial charge >= 0.3 is 0 Å². The molecule has 0 saturated carbocycles. The maximum absolute atomic E-state index is 10.8. The smallest absolute Gasteiger partial charge is 0.0921 e. The van der Waals surface area contributed by atoms with Crippen LogP contribution in [-0.4, -0.2) is 37.1 Å². The summed E-state index contributed by atoms with van der Waals surface area (Å²) in [5, 5.41) is 10.8. The molecule has 1 saturated heterocycles. The predicted octanol–water partition coefficient (Wildman–Crippen LogP) is 1.71. The van der Waals surface area contributed by atoms with E-state index in [4.69, 9.17) is 15.2 Å². The van der Waals surface area contributed by atoms with Gasteiger partial charge in [0.2, 0.25) is 0 Å². The number of rotatable bonds is 6. The molecule has 20 heavy (non-hydrogen) atoms. The van der Waals surface area contributed by atoms with E-state index in [2.05, 4.69) is 0 Å². The Morgan fingerprint density at radius 2 is 1.95 bits per heavy atom. The average molecular weight is 279 g/mol. The van der Waals surface area contributed by atoms with E-state index in [9.17, 15) is 5.11 Å². The Bertz CT molecular complexity index is 399. The van der Waals surface area contributed by atoms with Crippen LogP contribution in [0.1, 0.15) is 25.3 Å². The summed E-state index contributed by atoms with van der Waals surface area (Å²) in [5.74, 6) is 0. The maximum atomic E-state index is 10.8. The molecule has 1 aromatic rings. The summed E-state index contributed by atoms with van der Waals surface area (Å²) in [7, 11) is 0. The van der Waals surface area contributed by atoms with Gasteiger partial charge in [-0.25, -0.2) is 0 Å². The van der Waals surface area contributed by atoms with Crippen LogP contribution in [0.3, 0.4) is 0 Å². The van der Waals surface area contributed by atoms with Gasteiger partial charge in [0, 0.05) is 25.2 Å². The molecule has 1 atom stereocenters. The summed E-state index contributed by atoms with van der Waals surface area (Å²) in [6.45, 7) is 4.40. The molecule has 2 rings (SSSR count). The van der Waals surface area contributed by atoms with Crippen molar-refractivity contribution in [3.8, 4) is 0 Å². The molecule has 1 aliphatic rings. The van der Waals surface area contributed by atoms with Crippen LogP contribution in [0.5, 0.6) is 0 Å². The maximum Gasteiger partial charge on any atom is 0.0921 e. The molecule has 112 valence electrons. The molecule has 0 aromatic heterocycles. The first kappa shape index (κ1) is 15.4. The van der Waals surface area contributed by atoms with Crippen LogP contribution < -0.4 is 5.73 Å². The number of nitrogens with two attached hydrogens (primary N) is 1. The number of aliphatic hydroxyl groups is 1. The molecule has 1 aromatic carbocycles. The molecule has 0 amide bonds. The molecule has 4 nitrogen and oxygen atoms in total. The second-order valence-electron chi connectivity index (χ2n) is 5.85. The first-order chi connectivity index (χ1) is 9.60. The van der Waals surface area contributed by atoms with Crippen LogP contribution in [0.15, 0.2) is 30.3 Å². The van der Waals surface area contributed by atoms with Gasteiger partial charge in [-0.05, 0) is 25.3 Å². The van der Waals surface area contributed by atoms with E-state index in [1.165, 1.54) is 0 Å². The number of hydrogen-bond donors (Lipinski definition) is 2. The van der Waals surface area contributed by atoms with E-state index in [1.54, 1.807) is 0 Å². The zero-order valence-corrected chi connectivity index (χ0v) is 12.2. The summed E-state index contributed by atoms with van der Waals surface area (Å²) >= 11 is 0. The normalized spacial score (nSPS) is 21.4. The minimum Gasteiger partial charge on any atom is -0.387 e. The Kier molecular flexibility index (Phi) is 5.16. The van der Waals surface area contributed by atoms with Gasteiger partial charge < -0.3 is 20.3 Å². The molecule has 0 aliphatic carbocycles. The topological polar surface area (TPSA) is 64.7 Å². The Labute approximate surface area is 120 Å². The first-order valence-corrected chi connectivity index (χ1v) is 7.22. The van der Waals surface area contributed by atoms with Gasteiger partial charge in [0.25, 0.3) is 0 Å². The van der Waals surface area contributed by atoms with Gasteiger partial charge in [0.1, 0.15) is 0 Å². The second-order valence-corrected chi connectivity index (χ2v) is 5.85. The summed E-state index contributed by atoms with van der Waals surface area (Å²) < 4.78 is 11.1. The lowest BCUT2D eigenvalue weighted by molar-refractivity contribution is -0.153. The van der Waals surface area contributed by atoms with Crippen molar-refractivity contribution in [1.82, 2.24) is 0 Å². The fourth-order valence-corrected chi connectivity index (χ4v) is 2.82. The summed E-state index contributed by atoms with van der Waals surface area (Å²) in [6, 6.07) is 9.97. The van der Waals surface area contributed by atoms with E-state index >= 15 is 0 Å². The van der Waals surface area contributed by atoms with Crippen molar-refractivity contribution < 1.29 is 14.6 Å². The largest absolute Gasteiger partial charge is 0.387 e. The van der Waals surface area contributed by atoms with Crippen LogP contribution >= 0.6 is 0 Å². The predicted molar refractivity (Wildman–Crippen MR) is 78.3 cm³/mol. The molecule has 4 heteroatoms. The quantitative estimate of drug-likeness (QED) is 0.832. The highest BCUT2D eigenvalue weighted by molar-refractivity contribution is 5.13. The van der Waals surface area contributed by atoms with Gasteiger partial charge in [-0.1, -0.05) is 30.3 Å². The van der Waals surface area contributed by atoms with E-state index in [0.717, 1.165) is 18.4 Å². The van der Waals surface area contributed by atoms with Crippen molar-refractivity contribution in [2.45, 2.75) is 32.0 Å². The minimum absolute atomic E-state index is 0.291. The highest BCUT2D eigenvalue weighted by Crippen LogP contribution is 2.40. The fourth-order valence-electron chi connectivity index (χ4n) is 2.82. The Balaban J connectivity index is 1.92. The van der Waals surface area contributed by atoms with Crippen LogP contribution in [0.25, 0.3) is 0 Å². The average Bonchev–Trinajstić information content (AvgIpc) is 2.48. The Morgan fingerprint density at radius 3 is 2.55 bits per heavy atom. The number of hydrogen-bond acceptors (Lipinski definition) is 4. The highest BCUT2D eigenvalue weighted by atomic mass is 16.5.